The highest BCUT2D eigenvalue weighted by atomic mass is 19.1. The molecule has 19 heavy (non-hydrogen) atoms. The number of hydrogen-bond donors (Lipinski definition) is 1. The van der Waals surface area contributed by atoms with Gasteiger partial charge in [-0.15, -0.1) is 0 Å². The summed E-state index contributed by atoms with van der Waals surface area (Å²) < 4.78 is 27.6. The molecule has 100 valence electrons. The van der Waals surface area contributed by atoms with Crippen LogP contribution in [0.4, 0.5) is 8.78 Å². The van der Waals surface area contributed by atoms with E-state index in [9.17, 15) is 8.78 Å². The second-order valence-corrected chi connectivity index (χ2v) is 4.59. The summed E-state index contributed by atoms with van der Waals surface area (Å²) in [6.07, 6.45) is 0.721. The molecule has 0 bridgehead atoms. The first-order chi connectivity index (χ1) is 9.15. The molecule has 0 aliphatic rings. The zero-order chi connectivity index (χ0) is 13.8. The summed E-state index contributed by atoms with van der Waals surface area (Å²) in [5.41, 5.74) is 7.07. The molecule has 0 saturated heterocycles. The third-order valence-electron chi connectivity index (χ3n) is 3.43. The molecule has 0 radical (unpaired) electrons. The lowest BCUT2D eigenvalue weighted by molar-refractivity contribution is 0.472. The van der Waals surface area contributed by atoms with Crippen LogP contribution in [0.5, 0.6) is 0 Å². The summed E-state index contributed by atoms with van der Waals surface area (Å²) >= 11 is 0. The number of rotatable bonds is 4. The van der Waals surface area contributed by atoms with Crippen LogP contribution in [0.3, 0.4) is 0 Å². The van der Waals surface area contributed by atoms with Gasteiger partial charge < -0.3 is 5.73 Å². The third kappa shape index (κ3) is 2.82. The largest absolute Gasteiger partial charge is 0.323 e. The highest BCUT2D eigenvalue weighted by molar-refractivity contribution is 5.29. The molecular formula is C16H17F2N. The molecule has 0 fully saturated rings. The molecule has 2 N–H and O–H groups in total. The van der Waals surface area contributed by atoms with Crippen molar-refractivity contribution in [1.82, 2.24) is 0 Å². The lowest BCUT2D eigenvalue weighted by atomic mass is 9.85. The number of nitrogens with two attached hydrogens (primary N) is 1. The van der Waals surface area contributed by atoms with Crippen LogP contribution in [0.25, 0.3) is 0 Å². The molecule has 0 aromatic heterocycles. The topological polar surface area (TPSA) is 26.0 Å². The molecule has 0 spiro atoms. The van der Waals surface area contributed by atoms with Gasteiger partial charge in [-0.05, 0) is 24.1 Å². The van der Waals surface area contributed by atoms with Crippen molar-refractivity contribution < 1.29 is 8.78 Å². The van der Waals surface area contributed by atoms with Gasteiger partial charge in [0, 0.05) is 17.5 Å². The zero-order valence-corrected chi connectivity index (χ0v) is 10.8. The van der Waals surface area contributed by atoms with E-state index in [1.54, 1.807) is 0 Å². The molecule has 2 atom stereocenters. The molecule has 0 saturated carbocycles. The van der Waals surface area contributed by atoms with E-state index in [2.05, 4.69) is 0 Å². The molecule has 2 aromatic carbocycles. The van der Waals surface area contributed by atoms with Gasteiger partial charge in [-0.1, -0.05) is 43.3 Å². The molecule has 3 heteroatoms. The van der Waals surface area contributed by atoms with Crippen LogP contribution in [-0.2, 0) is 0 Å². The molecule has 0 aliphatic carbocycles. The fourth-order valence-electron chi connectivity index (χ4n) is 2.43. The van der Waals surface area contributed by atoms with Crippen LogP contribution < -0.4 is 5.73 Å². The lowest BCUT2D eigenvalue weighted by Crippen LogP contribution is -2.22. The summed E-state index contributed by atoms with van der Waals surface area (Å²) in [5.74, 6) is -1.27. The maximum absolute atomic E-state index is 13.8. The quantitative estimate of drug-likeness (QED) is 0.878. The van der Waals surface area contributed by atoms with Gasteiger partial charge in [-0.3, -0.25) is 0 Å². The van der Waals surface area contributed by atoms with E-state index in [-0.39, 0.29) is 11.5 Å². The molecule has 1 nitrogen and oxygen atoms in total. The standard InChI is InChI=1S/C16H17F2N/c1-2-12(11-7-4-3-5-8-11)16(19)15-13(17)9-6-10-14(15)18/h3-10,12,16H,2,19H2,1H3. The first-order valence-electron chi connectivity index (χ1n) is 6.39. The highest BCUT2D eigenvalue weighted by Gasteiger charge is 2.24. The van der Waals surface area contributed by atoms with Crippen LogP contribution in [0.2, 0.25) is 0 Å². The van der Waals surface area contributed by atoms with Crippen LogP contribution >= 0.6 is 0 Å². The number of hydrogen-bond acceptors (Lipinski definition) is 1. The van der Waals surface area contributed by atoms with Gasteiger partial charge in [0.05, 0.1) is 0 Å². The van der Waals surface area contributed by atoms with Crippen LogP contribution in [-0.4, -0.2) is 0 Å². The smallest absolute Gasteiger partial charge is 0.130 e. The third-order valence-corrected chi connectivity index (χ3v) is 3.43. The maximum Gasteiger partial charge on any atom is 0.130 e. The Morgan fingerprint density at radius 3 is 2.05 bits per heavy atom. The van der Waals surface area contributed by atoms with Gasteiger partial charge in [0.2, 0.25) is 0 Å². The van der Waals surface area contributed by atoms with Crippen molar-refractivity contribution in [3.63, 3.8) is 0 Å². The molecule has 2 rings (SSSR count). The fraction of sp³-hybridized carbons (Fsp3) is 0.250. The Bertz CT molecular complexity index is 519. The molecule has 0 heterocycles. The van der Waals surface area contributed by atoms with Gasteiger partial charge in [-0.2, -0.15) is 0 Å². The van der Waals surface area contributed by atoms with Crippen LogP contribution in [0.1, 0.15) is 36.4 Å². The normalized spacial score (nSPS) is 14.1. The van der Waals surface area contributed by atoms with Gasteiger partial charge in [0.1, 0.15) is 11.6 Å². The monoisotopic (exact) mass is 261 g/mol. The van der Waals surface area contributed by atoms with Crippen molar-refractivity contribution in [3.8, 4) is 0 Å². The van der Waals surface area contributed by atoms with Crippen molar-refractivity contribution in [1.29, 1.82) is 0 Å². The van der Waals surface area contributed by atoms with Gasteiger partial charge in [-0.25, -0.2) is 8.78 Å². The summed E-state index contributed by atoms with van der Waals surface area (Å²) in [6, 6.07) is 12.8. The Morgan fingerprint density at radius 2 is 1.53 bits per heavy atom. The predicted octanol–water partition coefficient (Wildman–Crippen LogP) is 4.16. The second-order valence-electron chi connectivity index (χ2n) is 4.59. The van der Waals surface area contributed by atoms with Crippen LogP contribution in [0, 0.1) is 11.6 Å². The van der Waals surface area contributed by atoms with E-state index in [4.69, 9.17) is 5.73 Å². The van der Waals surface area contributed by atoms with Crippen molar-refractivity contribution in [2.45, 2.75) is 25.3 Å². The average molecular weight is 261 g/mol. The van der Waals surface area contributed by atoms with E-state index in [1.165, 1.54) is 18.2 Å². The summed E-state index contributed by atoms with van der Waals surface area (Å²) in [4.78, 5) is 0. The molecule has 2 aromatic rings. The van der Waals surface area contributed by atoms with Crippen LogP contribution in [0.15, 0.2) is 48.5 Å². The van der Waals surface area contributed by atoms with E-state index in [0.717, 1.165) is 12.0 Å². The second kappa shape index (κ2) is 5.93. The molecule has 0 aliphatic heterocycles. The summed E-state index contributed by atoms with van der Waals surface area (Å²) in [6.45, 7) is 1.97. The number of benzene rings is 2. The molecule has 0 amide bonds. The highest BCUT2D eigenvalue weighted by Crippen LogP contribution is 2.34. The van der Waals surface area contributed by atoms with Crippen molar-refractivity contribution in [2.24, 2.45) is 5.73 Å². The van der Waals surface area contributed by atoms with Gasteiger partial charge >= 0.3 is 0 Å². The minimum Gasteiger partial charge on any atom is -0.323 e. The summed E-state index contributed by atoms with van der Waals surface area (Å²) in [5, 5.41) is 0. The maximum atomic E-state index is 13.8. The van der Waals surface area contributed by atoms with E-state index >= 15 is 0 Å². The minimum absolute atomic E-state index is 0.0294. The molecule has 2 unspecified atom stereocenters. The van der Waals surface area contributed by atoms with Crippen molar-refractivity contribution >= 4 is 0 Å². The van der Waals surface area contributed by atoms with Crippen molar-refractivity contribution in [2.75, 3.05) is 0 Å². The Morgan fingerprint density at radius 1 is 0.947 bits per heavy atom. The average Bonchev–Trinajstić information content (AvgIpc) is 2.40. The van der Waals surface area contributed by atoms with Gasteiger partial charge in [0.25, 0.3) is 0 Å². The first-order valence-corrected chi connectivity index (χ1v) is 6.39. The summed E-state index contributed by atoms with van der Waals surface area (Å²) in [7, 11) is 0. The zero-order valence-electron chi connectivity index (χ0n) is 10.8. The van der Waals surface area contributed by atoms with E-state index in [0.29, 0.717) is 0 Å². The fourth-order valence-corrected chi connectivity index (χ4v) is 2.43. The molecular weight excluding hydrogens is 244 g/mol. The van der Waals surface area contributed by atoms with E-state index in [1.807, 2.05) is 37.3 Å². The Balaban J connectivity index is 2.39. The Hall–Kier alpha value is -1.74. The minimum atomic E-state index is -0.686. The van der Waals surface area contributed by atoms with Crippen molar-refractivity contribution in [3.05, 3.63) is 71.3 Å². The SMILES string of the molecule is CCC(c1ccccc1)C(N)c1c(F)cccc1F. The Labute approximate surface area is 112 Å². The van der Waals surface area contributed by atoms with Gasteiger partial charge in [0.15, 0.2) is 0 Å². The number of halogens is 2. The lowest BCUT2D eigenvalue weighted by Gasteiger charge is -2.24. The Kier molecular flexibility index (Phi) is 4.27. The first kappa shape index (κ1) is 13.7. The predicted molar refractivity (Wildman–Crippen MR) is 72.8 cm³/mol. The van der Waals surface area contributed by atoms with E-state index < -0.39 is 17.7 Å².